The Morgan fingerprint density at radius 3 is 2.61 bits per heavy atom. The zero-order chi connectivity index (χ0) is 16.6. The minimum Gasteiger partial charge on any atom is -0.317 e. The van der Waals surface area contributed by atoms with Crippen LogP contribution in [0, 0.1) is 13.8 Å². The van der Waals surface area contributed by atoms with E-state index in [4.69, 9.17) is 0 Å². The van der Waals surface area contributed by atoms with Crippen LogP contribution in [0.3, 0.4) is 0 Å². The number of hydrogen-bond donors (Lipinski definition) is 0. The van der Waals surface area contributed by atoms with Gasteiger partial charge in [-0.05, 0) is 62.4 Å². The lowest BCUT2D eigenvalue weighted by molar-refractivity contribution is -0.122. The minimum absolute atomic E-state index is 0.201. The molecule has 0 spiro atoms. The zero-order valence-electron chi connectivity index (χ0n) is 13.4. The second-order valence-electron chi connectivity index (χ2n) is 5.52. The van der Waals surface area contributed by atoms with E-state index in [0.717, 1.165) is 28.7 Å². The first kappa shape index (κ1) is 15.6. The molecule has 0 atom stereocenters. The number of hydrogen-bond acceptors (Lipinski definition) is 3. The summed E-state index contributed by atoms with van der Waals surface area (Å²) in [6.07, 6.45) is 3.76. The SMILES string of the molecule is CCN1C(=O)SC(=Cc2cccn2-c2ccc(C)cc2C)C1=O. The number of nitrogens with zero attached hydrogens (tertiary/aromatic N) is 2. The number of carbonyl (C=O) groups excluding carboxylic acids is 2. The van der Waals surface area contributed by atoms with Gasteiger partial charge in [0, 0.05) is 24.1 Å². The first-order valence-electron chi connectivity index (χ1n) is 7.51. The Bertz CT molecular complexity index is 820. The number of likely N-dealkylation sites (N-methyl/N-ethyl adjacent to an activating group) is 1. The van der Waals surface area contributed by atoms with Crippen LogP contribution in [-0.2, 0) is 4.79 Å². The molecule has 1 aromatic heterocycles. The molecule has 3 rings (SSSR count). The van der Waals surface area contributed by atoms with Crippen LogP contribution in [0.5, 0.6) is 0 Å². The maximum Gasteiger partial charge on any atom is 0.293 e. The predicted octanol–water partition coefficient (Wildman–Crippen LogP) is 4.15. The molecule has 1 aromatic carbocycles. The third-order valence-electron chi connectivity index (χ3n) is 3.86. The van der Waals surface area contributed by atoms with Gasteiger partial charge in [0.2, 0.25) is 0 Å². The molecule has 1 saturated heterocycles. The lowest BCUT2D eigenvalue weighted by Gasteiger charge is -2.11. The van der Waals surface area contributed by atoms with E-state index in [-0.39, 0.29) is 11.1 Å². The average molecular weight is 326 g/mol. The summed E-state index contributed by atoms with van der Waals surface area (Å²) >= 11 is 1.00. The molecule has 2 amide bonds. The van der Waals surface area contributed by atoms with Crippen molar-refractivity contribution in [3.63, 3.8) is 0 Å². The second kappa shape index (κ2) is 6.08. The van der Waals surface area contributed by atoms with E-state index in [1.54, 1.807) is 13.0 Å². The molecule has 1 fully saturated rings. The van der Waals surface area contributed by atoms with E-state index in [0.29, 0.717) is 11.4 Å². The Hall–Kier alpha value is -2.27. The fourth-order valence-electron chi connectivity index (χ4n) is 2.71. The molecule has 5 heteroatoms. The Morgan fingerprint density at radius 1 is 1.17 bits per heavy atom. The third kappa shape index (κ3) is 2.84. The molecule has 4 nitrogen and oxygen atoms in total. The first-order chi connectivity index (χ1) is 11.0. The van der Waals surface area contributed by atoms with Gasteiger partial charge in [-0.15, -0.1) is 0 Å². The molecule has 23 heavy (non-hydrogen) atoms. The molecule has 0 unspecified atom stereocenters. The van der Waals surface area contributed by atoms with Gasteiger partial charge in [-0.1, -0.05) is 17.7 Å². The summed E-state index contributed by atoms with van der Waals surface area (Å²) < 4.78 is 2.04. The highest BCUT2D eigenvalue weighted by molar-refractivity contribution is 8.18. The van der Waals surface area contributed by atoms with Crippen LogP contribution in [0.2, 0.25) is 0 Å². The van der Waals surface area contributed by atoms with E-state index in [1.807, 2.05) is 22.9 Å². The smallest absolute Gasteiger partial charge is 0.293 e. The van der Waals surface area contributed by atoms with E-state index in [2.05, 4.69) is 32.0 Å². The maximum atomic E-state index is 12.2. The van der Waals surface area contributed by atoms with Crippen molar-refractivity contribution < 1.29 is 9.59 Å². The van der Waals surface area contributed by atoms with Crippen LogP contribution in [0.15, 0.2) is 41.4 Å². The molecule has 1 aliphatic rings. The van der Waals surface area contributed by atoms with Crippen molar-refractivity contribution in [3.8, 4) is 5.69 Å². The predicted molar refractivity (Wildman–Crippen MR) is 93.6 cm³/mol. The van der Waals surface area contributed by atoms with E-state index >= 15 is 0 Å². The Labute approximate surface area is 139 Å². The molecule has 0 aliphatic carbocycles. The number of aromatic nitrogens is 1. The fourth-order valence-corrected chi connectivity index (χ4v) is 3.60. The standard InChI is InChI=1S/C18H18N2O2S/c1-4-19-17(21)16(23-18(19)22)11-14-6-5-9-20(14)15-8-7-12(2)10-13(15)3/h5-11H,4H2,1-3H3. The molecule has 0 N–H and O–H groups in total. The first-order valence-corrected chi connectivity index (χ1v) is 8.33. The van der Waals surface area contributed by atoms with Crippen LogP contribution in [-0.4, -0.2) is 27.2 Å². The van der Waals surface area contributed by atoms with Gasteiger partial charge in [-0.3, -0.25) is 14.5 Å². The number of imide groups is 1. The highest BCUT2D eigenvalue weighted by Gasteiger charge is 2.33. The van der Waals surface area contributed by atoms with Crippen molar-refractivity contribution in [1.29, 1.82) is 0 Å². The third-order valence-corrected chi connectivity index (χ3v) is 4.77. The summed E-state index contributed by atoms with van der Waals surface area (Å²) in [5, 5.41) is -0.201. The number of thioether (sulfide) groups is 1. The van der Waals surface area contributed by atoms with Gasteiger partial charge < -0.3 is 4.57 Å². The normalized spacial score (nSPS) is 16.7. The minimum atomic E-state index is -0.212. The highest BCUT2D eigenvalue weighted by atomic mass is 32.2. The van der Waals surface area contributed by atoms with Crippen molar-refractivity contribution in [2.45, 2.75) is 20.8 Å². The lowest BCUT2D eigenvalue weighted by atomic mass is 10.1. The van der Waals surface area contributed by atoms with Crippen molar-refractivity contribution in [2.24, 2.45) is 0 Å². The molecule has 1 aliphatic heterocycles. The number of aryl methyl sites for hydroxylation is 2. The molecule has 2 aromatic rings. The van der Waals surface area contributed by atoms with Crippen LogP contribution >= 0.6 is 11.8 Å². The molecule has 0 radical (unpaired) electrons. The molecular weight excluding hydrogens is 308 g/mol. The monoisotopic (exact) mass is 326 g/mol. The lowest BCUT2D eigenvalue weighted by Crippen LogP contribution is -2.27. The zero-order valence-corrected chi connectivity index (χ0v) is 14.2. The summed E-state index contributed by atoms with van der Waals surface area (Å²) in [7, 11) is 0. The van der Waals surface area contributed by atoms with E-state index in [9.17, 15) is 9.59 Å². The molecular formula is C18H18N2O2S. The Morgan fingerprint density at radius 2 is 1.96 bits per heavy atom. The van der Waals surface area contributed by atoms with Crippen LogP contribution in [0.4, 0.5) is 4.79 Å². The summed E-state index contributed by atoms with van der Waals surface area (Å²) in [6.45, 7) is 6.34. The summed E-state index contributed by atoms with van der Waals surface area (Å²) in [5.74, 6) is -0.212. The second-order valence-corrected chi connectivity index (χ2v) is 6.51. The summed E-state index contributed by atoms with van der Waals surface area (Å²) in [5.41, 5.74) is 4.33. The molecule has 0 saturated carbocycles. The van der Waals surface area contributed by atoms with Gasteiger partial charge in [-0.25, -0.2) is 0 Å². The molecule has 2 heterocycles. The summed E-state index contributed by atoms with van der Waals surface area (Å²) in [6, 6.07) is 10.1. The van der Waals surface area contributed by atoms with Gasteiger partial charge in [0.25, 0.3) is 11.1 Å². The number of benzene rings is 1. The van der Waals surface area contributed by atoms with Gasteiger partial charge in [0.1, 0.15) is 0 Å². The Kier molecular flexibility index (Phi) is 4.13. The molecule has 0 bridgehead atoms. The van der Waals surface area contributed by atoms with Crippen molar-refractivity contribution >= 4 is 29.0 Å². The van der Waals surface area contributed by atoms with Crippen molar-refractivity contribution in [3.05, 3.63) is 58.3 Å². The summed E-state index contributed by atoms with van der Waals surface area (Å²) in [4.78, 5) is 25.8. The van der Waals surface area contributed by atoms with Gasteiger partial charge >= 0.3 is 0 Å². The highest BCUT2D eigenvalue weighted by Crippen LogP contribution is 2.32. The topological polar surface area (TPSA) is 42.3 Å². The van der Waals surface area contributed by atoms with Crippen LogP contribution in [0.25, 0.3) is 11.8 Å². The van der Waals surface area contributed by atoms with Gasteiger partial charge in [0.15, 0.2) is 0 Å². The fraction of sp³-hybridized carbons (Fsp3) is 0.222. The van der Waals surface area contributed by atoms with Crippen molar-refractivity contribution in [1.82, 2.24) is 9.47 Å². The Balaban J connectivity index is 2.01. The largest absolute Gasteiger partial charge is 0.317 e. The van der Waals surface area contributed by atoms with E-state index < -0.39 is 0 Å². The molecule has 118 valence electrons. The van der Waals surface area contributed by atoms with Crippen molar-refractivity contribution in [2.75, 3.05) is 6.54 Å². The number of rotatable bonds is 3. The number of amides is 2. The maximum absolute atomic E-state index is 12.2. The van der Waals surface area contributed by atoms with Gasteiger partial charge in [-0.2, -0.15) is 0 Å². The average Bonchev–Trinajstić information content (AvgIpc) is 3.05. The quantitative estimate of drug-likeness (QED) is 0.796. The van der Waals surface area contributed by atoms with Gasteiger partial charge in [0.05, 0.1) is 4.91 Å². The van der Waals surface area contributed by atoms with Crippen LogP contribution < -0.4 is 0 Å². The number of carbonyl (C=O) groups is 2. The van der Waals surface area contributed by atoms with Crippen LogP contribution in [0.1, 0.15) is 23.7 Å². The van der Waals surface area contributed by atoms with E-state index in [1.165, 1.54) is 10.5 Å².